The molecule has 0 aliphatic rings. The molecule has 1 heterocycles. The van der Waals surface area contributed by atoms with E-state index < -0.39 is 5.82 Å². The van der Waals surface area contributed by atoms with E-state index in [1.807, 2.05) is 31.2 Å². The van der Waals surface area contributed by atoms with Crippen LogP contribution in [0.1, 0.15) is 5.56 Å². The molecule has 6 heteroatoms. The van der Waals surface area contributed by atoms with Gasteiger partial charge in [0.1, 0.15) is 17.1 Å². The van der Waals surface area contributed by atoms with Crippen molar-refractivity contribution in [3.05, 3.63) is 78.1 Å². The second kappa shape index (κ2) is 7.52. The Kier molecular flexibility index (Phi) is 4.76. The quantitative estimate of drug-likeness (QED) is 0.535. The van der Waals surface area contributed by atoms with E-state index in [0.29, 0.717) is 22.5 Å². The first-order valence-corrected chi connectivity index (χ1v) is 8.73. The summed E-state index contributed by atoms with van der Waals surface area (Å²) >= 11 is 0. The first kappa shape index (κ1) is 17.7. The molecule has 4 aromatic rings. The summed E-state index contributed by atoms with van der Waals surface area (Å²) in [4.78, 5) is 16.5. The van der Waals surface area contributed by atoms with Gasteiger partial charge in [0.2, 0.25) is 5.89 Å². The molecule has 4 rings (SSSR count). The number of oxazole rings is 1. The minimum absolute atomic E-state index is 0.111. The highest BCUT2D eigenvalue weighted by atomic mass is 19.1. The Morgan fingerprint density at radius 1 is 1.11 bits per heavy atom. The van der Waals surface area contributed by atoms with E-state index in [0.717, 1.165) is 5.56 Å². The van der Waals surface area contributed by atoms with Crippen molar-refractivity contribution in [2.75, 3.05) is 11.9 Å². The number of anilines is 1. The molecule has 0 saturated heterocycles. The van der Waals surface area contributed by atoms with Gasteiger partial charge in [0, 0.05) is 5.69 Å². The summed E-state index contributed by atoms with van der Waals surface area (Å²) in [5, 5.41) is 2.76. The maximum absolute atomic E-state index is 13.9. The molecular formula is C22H17FN2O3. The highest BCUT2D eigenvalue weighted by Gasteiger charge is 2.13. The molecule has 0 spiro atoms. The lowest BCUT2D eigenvalue weighted by molar-refractivity contribution is -0.118. The van der Waals surface area contributed by atoms with Crippen LogP contribution in [-0.2, 0) is 4.79 Å². The molecule has 1 N–H and O–H groups in total. The predicted molar refractivity (Wildman–Crippen MR) is 105 cm³/mol. The fourth-order valence-electron chi connectivity index (χ4n) is 2.74. The molecule has 0 unspecified atom stereocenters. The first-order valence-electron chi connectivity index (χ1n) is 8.73. The van der Waals surface area contributed by atoms with Crippen LogP contribution in [0.5, 0.6) is 5.75 Å². The number of benzene rings is 3. The predicted octanol–water partition coefficient (Wildman–Crippen LogP) is 4.96. The lowest BCUT2D eigenvalue weighted by Gasteiger charge is -2.07. The largest absolute Gasteiger partial charge is 0.484 e. The number of nitrogens with one attached hydrogen (secondary N) is 1. The summed E-state index contributed by atoms with van der Waals surface area (Å²) in [6, 6.07) is 18.8. The molecule has 0 bridgehead atoms. The van der Waals surface area contributed by atoms with Crippen LogP contribution in [-0.4, -0.2) is 17.5 Å². The number of hydrogen-bond acceptors (Lipinski definition) is 4. The number of hydrogen-bond donors (Lipinski definition) is 1. The second-order valence-corrected chi connectivity index (χ2v) is 6.33. The third-order valence-corrected chi connectivity index (χ3v) is 4.17. The molecule has 1 aromatic heterocycles. The molecule has 3 aromatic carbocycles. The van der Waals surface area contributed by atoms with Crippen molar-refractivity contribution in [3.63, 3.8) is 0 Å². The van der Waals surface area contributed by atoms with Crippen molar-refractivity contribution in [1.29, 1.82) is 0 Å². The van der Waals surface area contributed by atoms with E-state index in [4.69, 9.17) is 9.15 Å². The maximum atomic E-state index is 13.9. The zero-order valence-electron chi connectivity index (χ0n) is 15.1. The molecule has 140 valence electrons. The maximum Gasteiger partial charge on any atom is 0.262 e. The van der Waals surface area contributed by atoms with Crippen molar-refractivity contribution < 1.29 is 18.3 Å². The van der Waals surface area contributed by atoms with Gasteiger partial charge in [-0.05, 0) is 49.4 Å². The fraction of sp³-hybridized carbons (Fsp3) is 0.0909. The van der Waals surface area contributed by atoms with E-state index in [1.165, 1.54) is 6.07 Å². The van der Waals surface area contributed by atoms with Crippen LogP contribution in [0, 0.1) is 12.7 Å². The Balaban J connectivity index is 1.46. The lowest BCUT2D eigenvalue weighted by Crippen LogP contribution is -2.20. The number of fused-ring (bicyclic) bond motifs is 1. The third-order valence-electron chi connectivity index (χ3n) is 4.17. The molecule has 0 aliphatic heterocycles. The normalized spacial score (nSPS) is 10.8. The number of carbonyl (C=O) groups excluding carboxylic acids is 1. The second-order valence-electron chi connectivity index (χ2n) is 6.33. The molecule has 1 amide bonds. The van der Waals surface area contributed by atoms with Crippen LogP contribution in [0.25, 0.3) is 22.6 Å². The van der Waals surface area contributed by atoms with Crippen molar-refractivity contribution in [2.45, 2.75) is 6.92 Å². The summed E-state index contributed by atoms with van der Waals surface area (Å²) in [7, 11) is 0. The Bertz CT molecular complexity index is 1140. The number of nitrogens with zero attached hydrogens (tertiary/aromatic N) is 1. The Morgan fingerprint density at radius 2 is 1.89 bits per heavy atom. The molecule has 0 radical (unpaired) electrons. The standard InChI is InChI=1S/C22H17FN2O3/c1-14-6-9-16(10-7-14)27-13-21(26)24-15-8-11-20-19(12-15)25-22(28-20)17-4-2-3-5-18(17)23/h2-12H,13H2,1H3,(H,24,26). The van der Waals surface area contributed by atoms with Gasteiger partial charge in [-0.15, -0.1) is 0 Å². The van der Waals surface area contributed by atoms with Crippen molar-refractivity contribution in [2.24, 2.45) is 0 Å². The zero-order chi connectivity index (χ0) is 19.5. The van der Waals surface area contributed by atoms with Gasteiger partial charge in [-0.1, -0.05) is 29.8 Å². The van der Waals surface area contributed by atoms with Gasteiger partial charge in [0.15, 0.2) is 12.2 Å². The van der Waals surface area contributed by atoms with E-state index in [-0.39, 0.29) is 24.0 Å². The van der Waals surface area contributed by atoms with E-state index >= 15 is 0 Å². The Labute approximate surface area is 160 Å². The summed E-state index contributed by atoms with van der Waals surface area (Å²) in [5.74, 6) is 0.120. The van der Waals surface area contributed by atoms with Crippen molar-refractivity contribution >= 4 is 22.7 Å². The van der Waals surface area contributed by atoms with Crippen molar-refractivity contribution in [3.8, 4) is 17.2 Å². The van der Waals surface area contributed by atoms with Gasteiger partial charge < -0.3 is 14.5 Å². The number of halogens is 1. The Morgan fingerprint density at radius 3 is 2.68 bits per heavy atom. The summed E-state index contributed by atoms with van der Waals surface area (Å²) in [6.45, 7) is 1.87. The summed E-state index contributed by atoms with van der Waals surface area (Å²) in [5.41, 5.74) is 2.99. The SMILES string of the molecule is Cc1ccc(OCC(=O)Nc2ccc3oc(-c4ccccc4F)nc3c2)cc1. The number of carbonyl (C=O) groups is 1. The highest BCUT2D eigenvalue weighted by Crippen LogP contribution is 2.27. The molecule has 0 fully saturated rings. The fourth-order valence-corrected chi connectivity index (χ4v) is 2.74. The van der Waals surface area contributed by atoms with E-state index in [9.17, 15) is 9.18 Å². The number of amides is 1. The van der Waals surface area contributed by atoms with E-state index in [2.05, 4.69) is 10.3 Å². The average molecular weight is 376 g/mol. The van der Waals surface area contributed by atoms with Crippen LogP contribution in [0.2, 0.25) is 0 Å². The highest BCUT2D eigenvalue weighted by molar-refractivity contribution is 5.94. The van der Waals surface area contributed by atoms with Gasteiger partial charge in [-0.2, -0.15) is 0 Å². The lowest BCUT2D eigenvalue weighted by atomic mass is 10.2. The minimum atomic E-state index is -0.407. The van der Waals surface area contributed by atoms with Crippen LogP contribution >= 0.6 is 0 Å². The molecular weight excluding hydrogens is 359 g/mol. The molecule has 5 nitrogen and oxygen atoms in total. The minimum Gasteiger partial charge on any atom is -0.484 e. The Hall–Kier alpha value is -3.67. The van der Waals surface area contributed by atoms with Crippen LogP contribution in [0.4, 0.5) is 10.1 Å². The number of rotatable bonds is 5. The van der Waals surface area contributed by atoms with Crippen molar-refractivity contribution in [1.82, 2.24) is 4.98 Å². The molecule has 28 heavy (non-hydrogen) atoms. The van der Waals surface area contributed by atoms with Crippen LogP contribution < -0.4 is 10.1 Å². The van der Waals surface area contributed by atoms with Gasteiger partial charge in [-0.3, -0.25) is 4.79 Å². The smallest absolute Gasteiger partial charge is 0.262 e. The number of aromatic nitrogens is 1. The molecule has 0 aliphatic carbocycles. The molecule has 0 saturated carbocycles. The molecule has 0 atom stereocenters. The van der Waals surface area contributed by atoms with Gasteiger partial charge in [-0.25, -0.2) is 9.37 Å². The summed E-state index contributed by atoms with van der Waals surface area (Å²) in [6.07, 6.45) is 0. The van der Waals surface area contributed by atoms with E-state index in [1.54, 1.807) is 36.4 Å². The number of aryl methyl sites for hydroxylation is 1. The average Bonchev–Trinajstić information content (AvgIpc) is 3.11. The van der Waals surface area contributed by atoms with Gasteiger partial charge in [0.25, 0.3) is 5.91 Å². The first-order chi connectivity index (χ1) is 13.6. The van der Waals surface area contributed by atoms with Crippen LogP contribution in [0.3, 0.4) is 0 Å². The zero-order valence-corrected chi connectivity index (χ0v) is 15.1. The monoisotopic (exact) mass is 376 g/mol. The topological polar surface area (TPSA) is 64.4 Å². The van der Waals surface area contributed by atoms with Gasteiger partial charge in [0.05, 0.1) is 5.56 Å². The summed E-state index contributed by atoms with van der Waals surface area (Å²) < 4.78 is 25.0. The number of ether oxygens (including phenoxy) is 1. The van der Waals surface area contributed by atoms with Crippen LogP contribution in [0.15, 0.2) is 71.1 Å². The third kappa shape index (κ3) is 3.86. The van der Waals surface area contributed by atoms with Gasteiger partial charge >= 0.3 is 0 Å².